The Morgan fingerprint density at radius 3 is 2.70 bits per heavy atom. The van der Waals surface area contributed by atoms with Crippen LogP contribution in [-0.2, 0) is 0 Å². The minimum atomic E-state index is 0.0979. The molecule has 1 fully saturated rings. The predicted octanol–water partition coefficient (Wildman–Crippen LogP) is 5.13. The first-order valence-corrected chi connectivity index (χ1v) is 11.7. The van der Waals surface area contributed by atoms with Gasteiger partial charge in [0.25, 0.3) is 0 Å². The number of fused-ring (bicyclic) bond motifs is 2. The van der Waals surface area contributed by atoms with Gasteiger partial charge in [-0.15, -0.1) is 0 Å². The summed E-state index contributed by atoms with van der Waals surface area (Å²) in [5, 5.41) is 2.30. The molecule has 1 aliphatic heterocycles. The van der Waals surface area contributed by atoms with Crippen LogP contribution < -0.4 is 0 Å². The van der Waals surface area contributed by atoms with E-state index in [0.717, 1.165) is 54.5 Å². The summed E-state index contributed by atoms with van der Waals surface area (Å²) in [5.74, 6) is 0. The van der Waals surface area contributed by atoms with Crippen LogP contribution in [-0.4, -0.2) is 63.5 Å². The molecule has 0 bridgehead atoms. The van der Waals surface area contributed by atoms with E-state index in [1.54, 1.807) is 0 Å². The minimum absolute atomic E-state index is 0.0979. The van der Waals surface area contributed by atoms with E-state index in [4.69, 9.17) is 4.98 Å². The van der Waals surface area contributed by atoms with E-state index in [0.29, 0.717) is 0 Å². The number of H-pyrrole nitrogens is 1. The van der Waals surface area contributed by atoms with Crippen molar-refractivity contribution in [1.82, 2.24) is 24.8 Å². The van der Waals surface area contributed by atoms with Gasteiger partial charge in [0, 0.05) is 72.2 Å². The molecule has 1 unspecified atom stereocenters. The van der Waals surface area contributed by atoms with Crippen molar-refractivity contribution < 1.29 is 0 Å². The van der Waals surface area contributed by atoms with Crippen molar-refractivity contribution >= 4 is 27.5 Å². The molecular formula is C28H29N5. The van der Waals surface area contributed by atoms with Gasteiger partial charge in [0.2, 0.25) is 0 Å². The molecule has 2 aliphatic rings. The molecule has 1 atom stereocenters. The average molecular weight is 436 g/mol. The molecule has 5 nitrogen and oxygen atoms in total. The highest BCUT2D eigenvalue weighted by atomic mass is 15.3. The maximum Gasteiger partial charge on any atom is 0.137 e. The summed E-state index contributed by atoms with van der Waals surface area (Å²) < 4.78 is 0. The monoisotopic (exact) mass is 435 g/mol. The number of benzene rings is 1. The molecule has 1 aromatic carbocycles. The quantitative estimate of drug-likeness (QED) is 0.485. The summed E-state index contributed by atoms with van der Waals surface area (Å²) in [6, 6.07) is 12.8. The number of aromatic amines is 1. The van der Waals surface area contributed by atoms with E-state index < -0.39 is 0 Å². The van der Waals surface area contributed by atoms with Gasteiger partial charge in [-0.1, -0.05) is 30.4 Å². The number of nitrogens with one attached hydrogen (secondary N) is 1. The first-order valence-electron chi connectivity index (χ1n) is 11.7. The molecule has 4 aromatic rings. The number of pyridine rings is 2. The Balaban J connectivity index is 1.31. The number of allylic oxidation sites excluding steroid dienone is 2. The molecule has 0 radical (unpaired) electrons. The number of rotatable bonds is 3. The molecule has 0 amide bonds. The van der Waals surface area contributed by atoms with E-state index in [9.17, 15) is 0 Å². The van der Waals surface area contributed by atoms with Gasteiger partial charge in [-0.25, -0.2) is 4.98 Å². The number of likely N-dealkylation sites (N-methyl/N-ethyl adjacent to an activating group) is 1. The largest absolute Gasteiger partial charge is 0.346 e. The van der Waals surface area contributed by atoms with Crippen LogP contribution in [0, 0.1) is 0 Å². The molecule has 0 saturated carbocycles. The molecule has 3 aromatic heterocycles. The van der Waals surface area contributed by atoms with Crippen molar-refractivity contribution in [1.29, 1.82) is 0 Å². The maximum absolute atomic E-state index is 4.74. The summed E-state index contributed by atoms with van der Waals surface area (Å²) in [7, 11) is 2.21. The zero-order valence-corrected chi connectivity index (χ0v) is 19.3. The number of aromatic nitrogens is 3. The van der Waals surface area contributed by atoms with E-state index in [-0.39, 0.29) is 5.54 Å². The second-order valence-electron chi connectivity index (χ2n) is 9.58. The van der Waals surface area contributed by atoms with Crippen molar-refractivity contribution in [3.63, 3.8) is 0 Å². The topological polar surface area (TPSA) is 48.0 Å². The van der Waals surface area contributed by atoms with Gasteiger partial charge in [-0.2, -0.15) is 0 Å². The molecule has 33 heavy (non-hydrogen) atoms. The Morgan fingerprint density at radius 1 is 1.00 bits per heavy atom. The fourth-order valence-corrected chi connectivity index (χ4v) is 5.13. The predicted molar refractivity (Wildman–Crippen MR) is 136 cm³/mol. The van der Waals surface area contributed by atoms with E-state index in [1.165, 1.54) is 22.3 Å². The second kappa shape index (κ2) is 7.94. The number of hydrogen-bond acceptors (Lipinski definition) is 4. The van der Waals surface area contributed by atoms with Crippen LogP contribution in [0.2, 0.25) is 0 Å². The summed E-state index contributed by atoms with van der Waals surface area (Å²) in [6.07, 6.45) is 14.0. The molecule has 1 aliphatic carbocycles. The highest BCUT2D eigenvalue weighted by Crippen LogP contribution is 2.35. The van der Waals surface area contributed by atoms with Crippen LogP contribution in [0.25, 0.3) is 38.6 Å². The Labute approximate surface area is 194 Å². The molecule has 5 heteroatoms. The Kier molecular flexibility index (Phi) is 4.89. The molecule has 1 N–H and O–H groups in total. The maximum atomic E-state index is 4.74. The molecular weight excluding hydrogens is 406 g/mol. The van der Waals surface area contributed by atoms with Crippen LogP contribution in [0.4, 0.5) is 0 Å². The smallest absolute Gasteiger partial charge is 0.137 e. The van der Waals surface area contributed by atoms with Crippen molar-refractivity contribution in [3.8, 4) is 11.1 Å². The van der Waals surface area contributed by atoms with Crippen LogP contribution in [0.3, 0.4) is 0 Å². The van der Waals surface area contributed by atoms with Gasteiger partial charge in [0.05, 0.1) is 5.52 Å². The van der Waals surface area contributed by atoms with Crippen molar-refractivity contribution in [2.45, 2.75) is 18.9 Å². The third-order valence-corrected chi connectivity index (χ3v) is 7.36. The average Bonchev–Trinajstić information content (AvgIpc) is 3.28. The lowest BCUT2D eigenvalue weighted by Crippen LogP contribution is -2.54. The van der Waals surface area contributed by atoms with Gasteiger partial charge < -0.3 is 9.88 Å². The molecule has 4 heterocycles. The standard InChI is InChI=1S/C28H29N5/c1-28(33-14-12-32(2)13-15-33)9-7-20(8-10-28)23-17-24-25(19-31-27(24)30-18-23)21-5-6-26-22(16-21)4-3-11-29-26/h3-9,11,16-19H,10,12-15H2,1-2H3,(H,30,31). The lowest BCUT2D eigenvalue weighted by Gasteiger charge is -2.44. The van der Waals surface area contributed by atoms with Gasteiger partial charge in [0.15, 0.2) is 0 Å². The lowest BCUT2D eigenvalue weighted by atomic mass is 9.86. The van der Waals surface area contributed by atoms with Crippen LogP contribution in [0.5, 0.6) is 0 Å². The molecule has 6 rings (SSSR count). The number of hydrogen-bond donors (Lipinski definition) is 1. The van der Waals surface area contributed by atoms with Crippen LogP contribution in [0.1, 0.15) is 18.9 Å². The Morgan fingerprint density at radius 2 is 1.88 bits per heavy atom. The summed E-state index contributed by atoms with van der Waals surface area (Å²) in [5.41, 5.74) is 6.81. The van der Waals surface area contributed by atoms with Gasteiger partial charge in [-0.3, -0.25) is 9.88 Å². The summed E-state index contributed by atoms with van der Waals surface area (Å²) >= 11 is 0. The number of piperazine rings is 1. The first-order chi connectivity index (χ1) is 16.1. The van der Waals surface area contributed by atoms with Crippen LogP contribution >= 0.6 is 0 Å². The van der Waals surface area contributed by atoms with Crippen molar-refractivity contribution in [2.75, 3.05) is 33.2 Å². The van der Waals surface area contributed by atoms with E-state index in [1.807, 2.05) is 18.5 Å². The van der Waals surface area contributed by atoms with Gasteiger partial charge in [0.1, 0.15) is 5.65 Å². The van der Waals surface area contributed by atoms with Crippen molar-refractivity contribution in [2.24, 2.45) is 0 Å². The summed E-state index contributed by atoms with van der Waals surface area (Å²) in [4.78, 5) is 17.6. The first kappa shape index (κ1) is 20.3. The molecule has 0 spiro atoms. The van der Waals surface area contributed by atoms with Crippen molar-refractivity contribution in [3.05, 3.63) is 78.8 Å². The van der Waals surface area contributed by atoms with Gasteiger partial charge in [-0.05, 0) is 55.8 Å². The number of nitrogens with zero attached hydrogens (tertiary/aromatic N) is 4. The zero-order chi connectivity index (χ0) is 22.4. The van der Waals surface area contributed by atoms with Crippen LogP contribution in [0.15, 0.2) is 73.2 Å². The molecule has 166 valence electrons. The highest BCUT2D eigenvalue weighted by molar-refractivity contribution is 5.97. The Hall–Kier alpha value is -3.28. The minimum Gasteiger partial charge on any atom is -0.346 e. The third kappa shape index (κ3) is 3.67. The fourth-order valence-electron chi connectivity index (χ4n) is 5.13. The third-order valence-electron chi connectivity index (χ3n) is 7.36. The Bertz CT molecular complexity index is 1390. The molecule has 1 saturated heterocycles. The van der Waals surface area contributed by atoms with E-state index in [2.05, 4.69) is 88.5 Å². The fraction of sp³-hybridized carbons (Fsp3) is 0.286. The van der Waals surface area contributed by atoms with Gasteiger partial charge >= 0.3 is 0 Å². The lowest BCUT2D eigenvalue weighted by molar-refractivity contribution is 0.0804. The normalized spacial score (nSPS) is 22.2. The zero-order valence-electron chi connectivity index (χ0n) is 19.3. The SMILES string of the molecule is CN1CCN(C2(C)C=CC(c3cnc4[nH]cc(-c5ccc6ncccc6c5)c4c3)=CC2)CC1. The van der Waals surface area contributed by atoms with E-state index >= 15 is 0 Å². The summed E-state index contributed by atoms with van der Waals surface area (Å²) in [6.45, 7) is 6.90. The second-order valence-corrected chi connectivity index (χ2v) is 9.58. The highest BCUT2D eigenvalue weighted by Gasteiger charge is 2.32.